The summed E-state index contributed by atoms with van der Waals surface area (Å²) in [6.45, 7) is 2.06. The Labute approximate surface area is 138 Å². The van der Waals surface area contributed by atoms with Crippen molar-refractivity contribution in [2.24, 2.45) is 0 Å². The van der Waals surface area contributed by atoms with Gasteiger partial charge in [-0.2, -0.15) is 0 Å². The molecule has 2 aromatic carbocycles. The molecule has 3 rings (SSSR count). The number of carbonyl (C=O) groups is 1. The molecule has 0 aliphatic rings. The Hall–Kier alpha value is -3.08. The van der Waals surface area contributed by atoms with E-state index in [0.717, 1.165) is 0 Å². The Kier molecular flexibility index (Phi) is 4.33. The minimum atomic E-state index is -0.434. The Morgan fingerprint density at radius 3 is 2.62 bits per heavy atom. The summed E-state index contributed by atoms with van der Waals surface area (Å²) < 4.78 is 12.0. The number of aromatic nitrogens is 1. The molecule has 0 spiro atoms. The average molecular weight is 323 g/mol. The van der Waals surface area contributed by atoms with Gasteiger partial charge in [-0.25, -0.2) is 4.79 Å². The van der Waals surface area contributed by atoms with E-state index < -0.39 is 5.97 Å². The molecule has 1 aromatic heterocycles. The van der Waals surface area contributed by atoms with Crippen LogP contribution in [-0.4, -0.2) is 24.3 Å². The number of carbonyl (C=O) groups excluding carboxylic acids is 1. The Morgan fingerprint density at radius 2 is 1.88 bits per heavy atom. The number of rotatable bonds is 4. The zero-order valence-corrected chi connectivity index (χ0v) is 13.5. The number of nitrogens with zero attached hydrogens (tertiary/aromatic N) is 1. The molecule has 0 radical (unpaired) electrons. The Bertz CT molecular complexity index is 1000. The van der Waals surface area contributed by atoms with Crippen molar-refractivity contribution in [1.82, 2.24) is 4.57 Å². The van der Waals surface area contributed by atoms with E-state index in [4.69, 9.17) is 9.47 Å². The second-order valence-electron chi connectivity index (χ2n) is 5.17. The molecule has 0 saturated heterocycles. The molecule has 3 aromatic rings. The van der Waals surface area contributed by atoms with Crippen LogP contribution >= 0.6 is 0 Å². The summed E-state index contributed by atoms with van der Waals surface area (Å²) in [6, 6.07) is 12.5. The molecule has 0 N–H and O–H groups in total. The molecular weight excluding hydrogens is 306 g/mol. The van der Waals surface area contributed by atoms with Gasteiger partial charge in [-0.3, -0.25) is 4.79 Å². The second-order valence-corrected chi connectivity index (χ2v) is 5.17. The van der Waals surface area contributed by atoms with Crippen molar-refractivity contribution in [3.63, 3.8) is 0 Å². The molecule has 5 heteroatoms. The Morgan fingerprint density at radius 1 is 1.12 bits per heavy atom. The fourth-order valence-electron chi connectivity index (χ4n) is 2.67. The fourth-order valence-corrected chi connectivity index (χ4v) is 2.67. The number of methoxy groups -OCH3 is 1. The van der Waals surface area contributed by atoms with Crippen LogP contribution < -0.4 is 10.2 Å². The van der Waals surface area contributed by atoms with Gasteiger partial charge in [0.15, 0.2) is 5.43 Å². The zero-order chi connectivity index (χ0) is 17.1. The highest BCUT2D eigenvalue weighted by molar-refractivity contribution is 5.97. The first kappa shape index (κ1) is 15.8. The molecule has 0 aliphatic heterocycles. The lowest BCUT2D eigenvalue weighted by atomic mass is 10.1. The van der Waals surface area contributed by atoms with Crippen molar-refractivity contribution < 1.29 is 14.3 Å². The van der Waals surface area contributed by atoms with Gasteiger partial charge < -0.3 is 14.0 Å². The van der Waals surface area contributed by atoms with Crippen molar-refractivity contribution in [2.45, 2.75) is 6.92 Å². The third-order valence-corrected chi connectivity index (χ3v) is 3.76. The normalized spacial score (nSPS) is 11.2. The molecule has 0 aliphatic carbocycles. The molecular formula is C19H17NO4. The number of fused-ring (bicyclic) bond motifs is 2. The van der Waals surface area contributed by atoms with Crippen LogP contribution in [-0.2, 0) is 9.53 Å². The summed E-state index contributed by atoms with van der Waals surface area (Å²) in [4.78, 5) is 24.4. The van der Waals surface area contributed by atoms with Crippen LogP contribution in [0, 0.1) is 0 Å². The second kappa shape index (κ2) is 6.58. The van der Waals surface area contributed by atoms with Crippen LogP contribution in [0.5, 0.6) is 5.75 Å². The lowest BCUT2D eigenvalue weighted by molar-refractivity contribution is -0.137. The molecule has 1 heterocycles. The van der Waals surface area contributed by atoms with Crippen LogP contribution in [0.2, 0.25) is 0 Å². The molecule has 24 heavy (non-hydrogen) atoms. The quantitative estimate of drug-likeness (QED) is 0.420. The van der Waals surface area contributed by atoms with Gasteiger partial charge in [-0.15, -0.1) is 0 Å². The van der Waals surface area contributed by atoms with Crippen LogP contribution in [0.15, 0.2) is 53.3 Å². The molecule has 0 atom stereocenters. The number of hydrogen-bond donors (Lipinski definition) is 0. The predicted octanol–water partition coefficient (Wildman–Crippen LogP) is 3.20. The summed E-state index contributed by atoms with van der Waals surface area (Å²) in [5, 5.41) is 1.15. The maximum absolute atomic E-state index is 12.7. The molecule has 0 amide bonds. The Balaban J connectivity index is 2.35. The third kappa shape index (κ3) is 2.76. The minimum absolute atomic E-state index is 0.0518. The van der Waals surface area contributed by atoms with Crippen LogP contribution in [0.25, 0.3) is 28.0 Å². The fraction of sp³-hybridized carbons (Fsp3) is 0.158. The van der Waals surface area contributed by atoms with Crippen molar-refractivity contribution in [1.29, 1.82) is 0 Å². The van der Waals surface area contributed by atoms with Crippen molar-refractivity contribution >= 4 is 34.0 Å². The van der Waals surface area contributed by atoms with E-state index in [-0.39, 0.29) is 5.43 Å². The minimum Gasteiger partial charge on any atom is -0.497 e. The predicted molar refractivity (Wildman–Crippen MR) is 94.2 cm³/mol. The highest BCUT2D eigenvalue weighted by atomic mass is 16.5. The standard InChI is InChI=1S/C19H17NO4/c1-3-24-18(21)10-11-20-16-7-5-4-6-14(16)19(22)15-9-8-13(23-2)12-17(15)20/h4-12H,3H2,1-2H3/b11-10+. The SMILES string of the molecule is CCOC(=O)/C=C/n1c2ccccc2c(=O)c2ccc(OC)cc21. The largest absolute Gasteiger partial charge is 0.497 e. The molecule has 0 unspecified atom stereocenters. The van der Waals surface area contributed by atoms with Crippen LogP contribution in [0.3, 0.4) is 0 Å². The van der Waals surface area contributed by atoms with Gasteiger partial charge in [0.2, 0.25) is 0 Å². The number of esters is 1. The van der Waals surface area contributed by atoms with E-state index >= 15 is 0 Å². The van der Waals surface area contributed by atoms with Crippen LogP contribution in [0.4, 0.5) is 0 Å². The topological polar surface area (TPSA) is 57.5 Å². The number of pyridine rings is 1. The van der Waals surface area contributed by atoms with Crippen molar-refractivity contribution in [3.8, 4) is 5.75 Å². The molecule has 0 fully saturated rings. The van der Waals surface area contributed by atoms with E-state index in [1.54, 1.807) is 49.1 Å². The first-order valence-corrected chi connectivity index (χ1v) is 7.61. The molecule has 0 bridgehead atoms. The van der Waals surface area contributed by atoms with Gasteiger partial charge in [0.1, 0.15) is 5.75 Å². The van der Waals surface area contributed by atoms with Crippen molar-refractivity contribution in [2.75, 3.05) is 13.7 Å². The maximum Gasteiger partial charge on any atom is 0.332 e. The summed E-state index contributed by atoms with van der Waals surface area (Å²) >= 11 is 0. The van der Waals surface area contributed by atoms with Gasteiger partial charge in [0, 0.05) is 29.1 Å². The molecule has 5 nitrogen and oxygen atoms in total. The molecule has 0 saturated carbocycles. The smallest absolute Gasteiger partial charge is 0.332 e. The summed E-state index contributed by atoms with van der Waals surface area (Å²) in [7, 11) is 1.57. The number of ether oxygens (including phenoxy) is 2. The number of benzene rings is 2. The van der Waals surface area contributed by atoms with Gasteiger partial charge >= 0.3 is 5.97 Å². The summed E-state index contributed by atoms with van der Waals surface area (Å²) in [5.41, 5.74) is 1.33. The maximum atomic E-state index is 12.7. The van der Waals surface area contributed by atoms with E-state index in [0.29, 0.717) is 34.2 Å². The molecule has 122 valence electrons. The van der Waals surface area contributed by atoms with Gasteiger partial charge in [0.25, 0.3) is 0 Å². The third-order valence-electron chi connectivity index (χ3n) is 3.76. The van der Waals surface area contributed by atoms with Gasteiger partial charge in [0.05, 0.1) is 24.8 Å². The van der Waals surface area contributed by atoms with Crippen LogP contribution in [0.1, 0.15) is 6.92 Å². The van der Waals surface area contributed by atoms with E-state index in [1.165, 1.54) is 6.08 Å². The average Bonchev–Trinajstić information content (AvgIpc) is 2.61. The number of para-hydroxylation sites is 1. The first-order valence-electron chi connectivity index (χ1n) is 7.61. The summed E-state index contributed by atoms with van der Waals surface area (Å²) in [6.07, 6.45) is 2.96. The lowest BCUT2D eigenvalue weighted by Crippen LogP contribution is -2.09. The monoisotopic (exact) mass is 323 g/mol. The van der Waals surface area contributed by atoms with E-state index in [2.05, 4.69) is 0 Å². The highest BCUT2D eigenvalue weighted by Crippen LogP contribution is 2.23. The zero-order valence-electron chi connectivity index (χ0n) is 13.5. The van der Waals surface area contributed by atoms with E-state index in [1.807, 2.05) is 18.2 Å². The lowest BCUT2D eigenvalue weighted by Gasteiger charge is -2.12. The van der Waals surface area contributed by atoms with E-state index in [9.17, 15) is 9.59 Å². The van der Waals surface area contributed by atoms with Gasteiger partial charge in [-0.1, -0.05) is 12.1 Å². The van der Waals surface area contributed by atoms with Gasteiger partial charge in [-0.05, 0) is 31.2 Å². The first-order chi connectivity index (χ1) is 11.7. The summed E-state index contributed by atoms with van der Waals surface area (Å²) in [5.74, 6) is 0.201. The van der Waals surface area contributed by atoms with Crippen molar-refractivity contribution in [3.05, 3.63) is 58.8 Å². The highest BCUT2D eigenvalue weighted by Gasteiger charge is 2.10. The number of hydrogen-bond acceptors (Lipinski definition) is 4.